The molecule has 0 atom stereocenters. The van der Waals surface area contributed by atoms with Gasteiger partial charge in [-0.25, -0.2) is 10.2 Å². The molecular weight excluding hydrogens is 506 g/mol. The Kier molecular flexibility index (Phi) is 14.6. The number of benzene rings is 2. The van der Waals surface area contributed by atoms with Gasteiger partial charge in [-0.3, -0.25) is 9.59 Å². The lowest BCUT2D eigenvalue weighted by atomic mass is 10.1. The molecule has 2 aromatic carbocycles. The Morgan fingerprint density at radius 2 is 1.58 bits per heavy atom. The van der Waals surface area contributed by atoms with Gasteiger partial charge in [0.15, 0.2) is 11.5 Å². The fraction of sp³-hybridized carbons (Fsp3) is 0.448. The Morgan fingerprint density at radius 1 is 0.895 bits per heavy atom. The zero-order valence-corrected chi connectivity index (χ0v) is 23.0. The van der Waals surface area contributed by atoms with Crippen LogP contribution < -0.4 is 20.2 Å². The third-order valence-electron chi connectivity index (χ3n) is 5.84. The third-order valence-corrected chi connectivity index (χ3v) is 6.17. The Bertz CT molecular complexity index is 1070. The van der Waals surface area contributed by atoms with E-state index >= 15 is 0 Å². The molecule has 206 valence electrons. The highest BCUT2D eigenvalue weighted by Gasteiger charge is 2.15. The maximum absolute atomic E-state index is 12.4. The number of carbonyl (C=O) groups excluding carboxylic acids is 3. The molecule has 9 heteroatoms. The van der Waals surface area contributed by atoms with Crippen LogP contribution in [-0.4, -0.2) is 37.7 Å². The number of esters is 1. The van der Waals surface area contributed by atoms with Crippen molar-refractivity contribution in [3.63, 3.8) is 0 Å². The smallest absolute Gasteiger partial charge is 0.345 e. The summed E-state index contributed by atoms with van der Waals surface area (Å²) >= 11 is 6.05. The lowest BCUT2D eigenvalue weighted by molar-refractivity contribution is -0.126. The Balaban J connectivity index is 1.69. The van der Waals surface area contributed by atoms with Gasteiger partial charge in [-0.15, -0.1) is 0 Å². The van der Waals surface area contributed by atoms with E-state index in [0.717, 1.165) is 19.3 Å². The van der Waals surface area contributed by atoms with Gasteiger partial charge in [0.2, 0.25) is 5.91 Å². The first kappa shape index (κ1) is 30.8. The molecule has 0 unspecified atom stereocenters. The molecule has 0 radical (unpaired) electrons. The topological polar surface area (TPSA) is 106 Å². The minimum atomic E-state index is -0.609. The summed E-state index contributed by atoms with van der Waals surface area (Å²) in [6.45, 7) is 2.07. The van der Waals surface area contributed by atoms with Crippen LogP contribution in [0.2, 0.25) is 5.02 Å². The van der Waals surface area contributed by atoms with E-state index in [4.69, 9.17) is 21.1 Å². The Hall–Kier alpha value is -3.39. The molecule has 0 spiro atoms. The van der Waals surface area contributed by atoms with Crippen molar-refractivity contribution in [1.82, 2.24) is 10.7 Å². The molecule has 0 saturated heterocycles. The Morgan fingerprint density at radius 3 is 2.26 bits per heavy atom. The van der Waals surface area contributed by atoms with E-state index in [1.54, 1.807) is 42.5 Å². The number of ether oxygens (including phenoxy) is 2. The number of nitrogens with zero attached hydrogens (tertiary/aromatic N) is 1. The van der Waals surface area contributed by atoms with Gasteiger partial charge in [-0.05, 0) is 42.3 Å². The maximum Gasteiger partial charge on any atom is 0.345 e. The van der Waals surface area contributed by atoms with Gasteiger partial charge in [0.1, 0.15) is 0 Å². The zero-order valence-electron chi connectivity index (χ0n) is 22.3. The molecule has 0 bridgehead atoms. The van der Waals surface area contributed by atoms with E-state index in [9.17, 15) is 14.4 Å². The number of halogens is 1. The van der Waals surface area contributed by atoms with Crippen molar-refractivity contribution in [2.24, 2.45) is 5.10 Å². The molecule has 0 aliphatic carbocycles. The monoisotopic (exact) mass is 543 g/mol. The van der Waals surface area contributed by atoms with Crippen LogP contribution in [0.4, 0.5) is 0 Å². The molecule has 0 aliphatic heterocycles. The average molecular weight is 544 g/mol. The second kappa shape index (κ2) is 18.0. The van der Waals surface area contributed by atoms with Crippen LogP contribution in [0.25, 0.3) is 0 Å². The van der Waals surface area contributed by atoms with Crippen molar-refractivity contribution < 1.29 is 23.9 Å². The van der Waals surface area contributed by atoms with Gasteiger partial charge in [0, 0.05) is 6.42 Å². The van der Waals surface area contributed by atoms with Crippen LogP contribution >= 0.6 is 11.6 Å². The summed E-state index contributed by atoms with van der Waals surface area (Å²) < 4.78 is 10.7. The summed E-state index contributed by atoms with van der Waals surface area (Å²) in [5.74, 6) is -0.655. The number of carbonyl (C=O) groups is 3. The maximum atomic E-state index is 12.4. The van der Waals surface area contributed by atoms with Crippen LogP contribution in [0.1, 0.15) is 87.1 Å². The van der Waals surface area contributed by atoms with Gasteiger partial charge in [-0.1, -0.05) is 82.0 Å². The van der Waals surface area contributed by atoms with E-state index in [2.05, 4.69) is 22.8 Å². The van der Waals surface area contributed by atoms with E-state index < -0.39 is 11.9 Å². The summed E-state index contributed by atoms with van der Waals surface area (Å²) in [5.41, 5.74) is 3.22. The summed E-state index contributed by atoms with van der Waals surface area (Å²) in [6, 6.07) is 11.4. The van der Waals surface area contributed by atoms with Crippen molar-refractivity contribution in [3.05, 3.63) is 58.6 Å². The van der Waals surface area contributed by atoms with Crippen molar-refractivity contribution in [2.45, 2.75) is 71.1 Å². The molecule has 38 heavy (non-hydrogen) atoms. The van der Waals surface area contributed by atoms with Crippen molar-refractivity contribution in [3.8, 4) is 11.5 Å². The first-order chi connectivity index (χ1) is 18.4. The fourth-order valence-corrected chi connectivity index (χ4v) is 3.93. The molecule has 2 aromatic rings. The predicted octanol–water partition coefficient (Wildman–Crippen LogP) is 6.06. The molecule has 2 rings (SSSR count). The summed E-state index contributed by atoms with van der Waals surface area (Å²) in [5, 5.41) is 6.81. The van der Waals surface area contributed by atoms with Crippen LogP contribution in [0.5, 0.6) is 11.5 Å². The fourth-order valence-electron chi connectivity index (χ4n) is 3.71. The number of amides is 2. The number of unbranched alkanes of at least 4 members (excludes halogenated alkanes) is 8. The minimum Gasteiger partial charge on any atom is -0.493 e. The number of methoxy groups -OCH3 is 1. The molecule has 0 aliphatic rings. The lowest BCUT2D eigenvalue weighted by Gasteiger charge is -2.10. The highest BCUT2D eigenvalue weighted by Crippen LogP contribution is 2.29. The molecule has 0 aromatic heterocycles. The Labute approximate surface area is 230 Å². The van der Waals surface area contributed by atoms with Crippen LogP contribution in [0, 0.1) is 0 Å². The molecule has 0 heterocycles. The minimum absolute atomic E-state index is 0.140. The largest absolute Gasteiger partial charge is 0.493 e. The normalized spacial score (nSPS) is 10.8. The first-order valence-electron chi connectivity index (χ1n) is 13.2. The predicted molar refractivity (Wildman–Crippen MR) is 150 cm³/mol. The van der Waals surface area contributed by atoms with Gasteiger partial charge < -0.3 is 14.8 Å². The lowest BCUT2D eigenvalue weighted by Crippen LogP contribution is -2.34. The van der Waals surface area contributed by atoms with Crippen LogP contribution in [0.15, 0.2) is 47.6 Å². The highest BCUT2D eigenvalue weighted by molar-refractivity contribution is 6.33. The second-order valence-corrected chi connectivity index (χ2v) is 9.34. The van der Waals surface area contributed by atoms with Gasteiger partial charge in [-0.2, -0.15) is 5.10 Å². The number of hydrogen-bond donors (Lipinski definition) is 2. The van der Waals surface area contributed by atoms with E-state index in [1.807, 2.05) is 0 Å². The quantitative estimate of drug-likeness (QED) is 0.0829. The van der Waals surface area contributed by atoms with Crippen molar-refractivity contribution in [2.75, 3.05) is 13.7 Å². The van der Waals surface area contributed by atoms with Gasteiger partial charge >= 0.3 is 5.97 Å². The van der Waals surface area contributed by atoms with Gasteiger partial charge in [0.25, 0.3) is 5.91 Å². The van der Waals surface area contributed by atoms with E-state index in [-0.39, 0.29) is 28.8 Å². The summed E-state index contributed by atoms with van der Waals surface area (Å²) in [6.07, 6.45) is 12.5. The number of nitrogens with one attached hydrogen (secondary N) is 2. The average Bonchev–Trinajstić information content (AvgIpc) is 2.91. The molecule has 8 nitrogen and oxygen atoms in total. The first-order valence-corrected chi connectivity index (χ1v) is 13.6. The molecule has 0 saturated carbocycles. The summed E-state index contributed by atoms with van der Waals surface area (Å²) in [4.78, 5) is 36.4. The zero-order chi connectivity index (χ0) is 27.6. The molecule has 2 amide bonds. The summed E-state index contributed by atoms with van der Waals surface area (Å²) in [7, 11) is 1.45. The number of hydrazone groups is 1. The molecule has 2 N–H and O–H groups in total. The second-order valence-electron chi connectivity index (χ2n) is 8.93. The number of hydrogen-bond acceptors (Lipinski definition) is 6. The van der Waals surface area contributed by atoms with Gasteiger partial charge in [0.05, 0.1) is 30.5 Å². The van der Waals surface area contributed by atoms with Crippen molar-refractivity contribution >= 4 is 35.6 Å². The van der Waals surface area contributed by atoms with Crippen LogP contribution in [0.3, 0.4) is 0 Å². The van der Waals surface area contributed by atoms with E-state index in [0.29, 0.717) is 17.7 Å². The van der Waals surface area contributed by atoms with E-state index in [1.165, 1.54) is 51.8 Å². The highest BCUT2D eigenvalue weighted by atomic mass is 35.5. The third kappa shape index (κ3) is 11.8. The SMILES string of the molecule is CCCCCCCCCCCC(=O)NCC(=O)N/N=C/c1ccc(OC(=O)c2ccccc2Cl)c(OC)c1. The molecular formula is C29H38ClN3O5. The molecule has 0 fully saturated rings. The van der Waals surface area contributed by atoms with Crippen molar-refractivity contribution in [1.29, 1.82) is 0 Å². The number of rotatable bonds is 17. The standard InChI is InChI=1S/C29H38ClN3O5/c1-3-4-5-6-7-8-9-10-11-16-27(34)31-21-28(35)33-32-20-22-17-18-25(26(19-22)37-2)38-29(36)23-14-12-13-15-24(23)30/h12-15,17-20H,3-11,16,21H2,1-2H3,(H,31,34)(H,33,35)/b32-20+. The van der Waals surface area contributed by atoms with Crippen LogP contribution in [-0.2, 0) is 9.59 Å².